The van der Waals surface area contributed by atoms with E-state index >= 15 is 0 Å². The molecule has 1 aliphatic rings. The van der Waals surface area contributed by atoms with Gasteiger partial charge in [0.25, 0.3) is 5.91 Å². The van der Waals surface area contributed by atoms with Crippen LogP contribution in [0.3, 0.4) is 0 Å². The van der Waals surface area contributed by atoms with Gasteiger partial charge in [0, 0.05) is 47.1 Å². The molecule has 0 atom stereocenters. The van der Waals surface area contributed by atoms with E-state index in [4.69, 9.17) is 4.74 Å². The number of hydrogen-bond donors (Lipinski definition) is 2. The zero-order valence-electron chi connectivity index (χ0n) is 19.3. The highest BCUT2D eigenvalue weighted by molar-refractivity contribution is 6.09. The lowest BCUT2D eigenvalue weighted by Gasteiger charge is -2.35. The Morgan fingerprint density at radius 3 is 2.44 bits per heavy atom. The first-order chi connectivity index (χ1) is 15.3. The summed E-state index contributed by atoms with van der Waals surface area (Å²) in [5.41, 5.74) is 3.71. The number of hydrogen-bond acceptors (Lipinski definition) is 5. The summed E-state index contributed by atoms with van der Waals surface area (Å²) in [5.74, 6) is 0.458. The highest BCUT2D eigenvalue weighted by atomic mass is 16.5. The van der Waals surface area contributed by atoms with Crippen LogP contribution in [-0.2, 0) is 6.42 Å². The number of fused-ring (bicyclic) bond motifs is 1. The molecule has 1 amide bonds. The first kappa shape index (κ1) is 23.5. The minimum Gasteiger partial charge on any atom is -0.497 e. The van der Waals surface area contributed by atoms with Crippen LogP contribution in [0.5, 0.6) is 5.75 Å². The molecule has 0 aromatic heterocycles. The molecule has 0 radical (unpaired) electrons. The van der Waals surface area contributed by atoms with Gasteiger partial charge in [-0.25, -0.2) is 0 Å². The van der Waals surface area contributed by atoms with E-state index in [2.05, 4.69) is 19.2 Å². The van der Waals surface area contributed by atoms with E-state index in [1.807, 2.05) is 25.1 Å². The van der Waals surface area contributed by atoms with Crippen molar-refractivity contribution in [2.45, 2.75) is 39.2 Å². The Hall–Kier alpha value is -3.12. The Morgan fingerprint density at radius 1 is 1.12 bits per heavy atom. The zero-order valence-corrected chi connectivity index (χ0v) is 19.3. The molecule has 1 aliphatic heterocycles. The quantitative estimate of drug-likeness (QED) is 0.487. The zero-order chi connectivity index (χ0) is 23.3. The Morgan fingerprint density at radius 2 is 1.81 bits per heavy atom. The smallest absolute Gasteiger partial charge is 0.253 e. The van der Waals surface area contributed by atoms with E-state index in [1.165, 1.54) is 0 Å². The van der Waals surface area contributed by atoms with Crippen molar-refractivity contribution in [3.63, 3.8) is 0 Å². The minimum atomic E-state index is -0.181. The average Bonchev–Trinajstić information content (AvgIpc) is 2.77. The van der Waals surface area contributed by atoms with E-state index in [0.29, 0.717) is 24.2 Å². The van der Waals surface area contributed by atoms with Crippen LogP contribution in [-0.4, -0.2) is 54.0 Å². The van der Waals surface area contributed by atoms with Crippen LogP contribution in [0, 0.1) is 0 Å². The van der Waals surface area contributed by atoms with Crippen molar-refractivity contribution in [3.05, 3.63) is 70.8 Å². The SMILES string of the molecule is CCCN(CCO)C(=O)c1ccc(C(=O)C=C2NC(C)(C)Cc3ccc(OC)cc32)cc1. The minimum absolute atomic E-state index is 0.0779. The fraction of sp³-hybridized carbons (Fsp3) is 0.385. The van der Waals surface area contributed by atoms with Gasteiger partial charge < -0.3 is 20.1 Å². The van der Waals surface area contributed by atoms with Gasteiger partial charge in [0.15, 0.2) is 5.78 Å². The Labute approximate surface area is 189 Å². The summed E-state index contributed by atoms with van der Waals surface area (Å²) in [7, 11) is 1.63. The van der Waals surface area contributed by atoms with Crippen LogP contribution in [0.4, 0.5) is 0 Å². The molecule has 0 saturated carbocycles. The molecular formula is C26H32N2O4. The van der Waals surface area contributed by atoms with Gasteiger partial charge in [-0.15, -0.1) is 0 Å². The maximum atomic E-state index is 13.0. The van der Waals surface area contributed by atoms with Crippen molar-refractivity contribution in [1.29, 1.82) is 0 Å². The molecule has 0 unspecified atom stereocenters. The van der Waals surface area contributed by atoms with Crippen molar-refractivity contribution in [2.75, 3.05) is 26.8 Å². The first-order valence-corrected chi connectivity index (χ1v) is 11.0. The third kappa shape index (κ3) is 5.37. The predicted molar refractivity (Wildman–Crippen MR) is 126 cm³/mol. The molecular weight excluding hydrogens is 404 g/mol. The fourth-order valence-corrected chi connectivity index (χ4v) is 4.03. The maximum absolute atomic E-state index is 13.0. The van der Waals surface area contributed by atoms with Gasteiger partial charge in [-0.2, -0.15) is 0 Å². The Kier molecular flexibility index (Phi) is 7.36. The van der Waals surface area contributed by atoms with Crippen molar-refractivity contribution in [2.24, 2.45) is 0 Å². The molecule has 3 rings (SSSR count). The topological polar surface area (TPSA) is 78.9 Å². The second kappa shape index (κ2) is 10.0. The van der Waals surface area contributed by atoms with E-state index in [-0.39, 0.29) is 23.8 Å². The molecule has 170 valence electrons. The highest BCUT2D eigenvalue weighted by Gasteiger charge is 2.28. The van der Waals surface area contributed by atoms with Gasteiger partial charge >= 0.3 is 0 Å². The normalized spacial score (nSPS) is 15.6. The monoisotopic (exact) mass is 436 g/mol. The number of aliphatic hydroxyl groups excluding tert-OH is 1. The third-order valence-electron chi connectivity index (χ3n) is 5.56. The summed E-state index contributed by atoms with van der Waals surface area (Å²) < 4.78 is 5.37. The summed E-state index contributed by atoms with van der Waals surface area (Å²) in [5, 5.41) is 12.7. The van der Waals surface area contributed by atoms with Crippen molar-refractivity contribution in [3.8, 4) is 5.75 Å². The van der Waals surface area contributed by atoms with Crippen LogP contribution in [0.1, 0.15) is 59.0 Å². The van der Waals surface area contributed by atoms with E-state index in [0.717, 1.165) is 35.4 Å². The molecule has 0 spiro atoms. The number of benzene rings is 2. The fourth-order valence-electron chi connectivity index (χ4n) is 4.03. The van der Waals surface area contributed by atoms with Crippen LogP contribution >= 0.6 is 0 Å². The molecule has 2 aromatic carbocycles. The molecule has 6 nitrogen and oxygen atoms in total. The molecule has 0 fully saturated rings. The second-order valence-corrected chi connectivity index (χ2v) is 8.72. The largest absolute Gasteiger partial charge is 0.497 e. The van der Waals surface area contributed by atoms with Gasteiger partial charge in [0.2, 0.25) is 0 Å². The molecule has 0 bridgehead atoms. The number of ketones is 1. The van der Waals surface area contributed by atoms with Gasteiger partial charge in [-0.3, -0.25) is 9.59 Å². The summed E-state index contributed by atoms with van der Waals surface area (Å²) in [6.07, 6.45) is 3.27. The van der Waals surface area contributed by atoms with Crippen LogP contribution < -0.4 is 10.1 Å². The molecule has 6 heteroatoms. The third-order valence-corrected chi connectivity index (χ3v) is 5.56. The second-order valence-electron chi connectivity index (χ2n) is 8.72. The number of nitrogens with one attached hydrogen (secondary N) is 1. The van der Waals surface area contributed by atoms with Crippen molar-refractivity contribution >= 4 is 17.4 Å². The average molecular weight is 437 g/mol. The summed E-state index contributed by atoms with van der Waals surface area (Å²) in [6, 6.07) is 12.6. The molecule has 2 N–H and O–H groups in total. The Balaban J connectivity index is 1.86. The lowest BCUT2D eigenvalue weighted by Crippen LogP contribution is -2.43. The van der Waals surface area contributed by atoms with E-state index in [9.17, 15) is 14.7 Å². The number of rotatable bonds is 8. The number of carbonyl (C=O) groups excluding carboxylic acids is 2. The van der Waals surface area contributed by atoms with E-state index in [1.54, 1.807) is 42.4 Å². The number of carbonyl (C=O) groups is 2. The molecule has 0 saturated heterocycles. The van der Waals surface area contributed by atoms with Crippen LogP contribution in [0.25, 0.3) is 5.70 Å². The van der Waals surface area contributed by atoms with Crippen molar-refractivity contribution < 1.29 is 19.4 Å². The summed E-state index contributed by atoms with van der Waals surface area (Å²) in [6.45, 7) is 6.99. The van der Waals surface area contributed by atoms with E-state index < -0.39 is 0 Å². The summed E-state index contributed by atoms with van der Waals surface area (Å²) in [4.78, 5) is 27.3. The number of nitrogens with zero attached hydrogens (tertiary/aromatic N) is 1. The predicted octanol–water partition coefficient (Wildman–Crippen LogP) is 3.69. The number of ether oxygens (including phenoxy) is 1. The van der Waals surface area contributed by atoms with Crippen LogP contribution in [0.15, 0.2) is 48.5 Å². The van der Waals surface area contributed by atoms with Crippen LogP contribution in [0.2, 0.25) is 0 Å². The standard InChI is InChI=1S/C26H32N2O4/c1-5-12-28(13-14-29)25(31)19-8-6-18(7-9-19)24(30)16-23-22-15-21(32-4)11-10-20(22)17-26(2,3)27-23/h6-11,15-16,27,29H,5,12-14,17H2,1-4H3. The molecule has 32 heavy (non-hydrogen) atoms. The van der Waals surface area contributed by atoms with Gasteiger partial charge in [0.05, 0.1) is 13.7 Å². The molecule has 1 heterocycles. The van der Waals surface area contributed by atoms with Crippen molar-refractivity contribution in [1.82, 2.24) is 10.2 Å². The van der Waals surface area contributed by atoms with Gasteiger partial charge in [-0.1, -0.05) is 25.1 Å². The molecule has 0 aliphatic carbocycles. The van der Waals surface area contributed by atoms with Gasteiger partial charge in [0.1, 0.15) is 5.75 Å². The highest BCUT2D eigenvalue weighted by Crippen LogP contribution is 2.32. The summed E-state index contributed by atoms with van der Waals surface area (Å²) >= 11 is 0. The molecule has 2 aromatic rings. The number of methoxy groups -OCH3 is 1. The number of allylic oxidation sites excluding steroid dienone is 1. The first-order valence-electron chi connectivity index (χ1n) is 11.0. The lowest BCUT2D eigenvalue weighted by atomic mass is 9.85. The van der Waals surface area contributed by atoms with Gasteiger partial charge in [-0.05, 0) is 56.5 Å². The number of aliphatic hydroxyl groups is 1. The lowest BCUT2D eigenvalue weighted by molar-refractivity contribution is 0.0721. The Bertz CT molecular complexity index is 1000. The number of amides is 1. The maximum Gasteiger partial charge on any atom is 0.253 e.